The zero-order chi connectivity index (χ0) is 19.8. The molecule has 0 unspecified atom stereocenters. The third-order valence-corrected chi connectivity index (χ3v) is 4.46. The van der Waals surface area contributed by atoms with Crippen molar-refractivity contribution < 1.29 is 4.79 Å². The zero-order valence-corrected chi connectivity index (χ0v) is 16.0. The number of hydrogen-bond acceptors (Lipinski definition) is 2. The minimum Gasteiger partial charge on any atom is -0.338 e. The van der Waals surface area contributed by atoms with Crippen LogP contribution in [0.15, 0.2) is 67.0 Å². The van der Waals surface area contributed by atoms with Crippen molar-refractivity contribution in [1.82, 2.24) is 20.0 Å². The van der Waals surface area contributed by atoms with E-state index in [9.17, 15) is 4.79 Å². The molecule has 0 bridgehead atoms. The predicted molar refractivity (Wildman–Crippen MR) is 111 cm³/mol. The number of carbonyl (C=O) groups is 1. The van der Waals surface area contributed by atoms with Crippen LogP contribution in [0.3, 0.4) is 0 Å². The highest BCUT2D eigenvalue weighted by Crippen LogP contribution is 2.10. The number of urea groups is 1. The van der Waals surface area contributed by atoms with E-state index in [0.717, 1.165) is 23.2 Å². The minimum atomic E-state index is -0.147. The molecular formula is C23H24N4O. The van der Waals surface area contributed by atoms with Gasteiger partial charge in [-0.1, -0.05) is 47.9 Å². The van der Waals surface area contributed by atoms with Gasteiger partial charge in [0.1, 0.15) is 0 Å². The number of nitrogens with zero attached hydrogens (tertiary/aromatic N) is 3. The van der Waals surface area contributed by atoms with E-state index < -0.39 is 0 Å². The zero-order valence-electron chi connectivity index (χ0n) is 16.0. The first-order chi connectivity index (χ1) is 13.7. The Bertz CT molecular complexity index is 922. The van der Waals surface area contributed by atoms with Crippen molar-refractivity contribution >= 4 is 6.03 Å². The third-order valence-electron chi connectivity index (χ3n) is 4.46. The Labute approximate surface area is 166 Å². The molecule has 28 heavy (non-hydrogen) atoms. The molecular weight excluding hydrogens is 348 g/mol. The molecule has 3 aromatic rings. The summed E-state index contributed by atoms with van der Waals surface area (Å²) < 4.78 is 1.81. The summed E-state index contributed by atoms with van der Waals surface area (Å²) in [6, 6.07) is 18.0. The Morgan fingerprint density at radius 3 is 2.50 bits per heavy atom. The van der Waals surface area contributed by atoms with Gasteiger partial charge in [-0.15, -0.1) is 6.42 Å². The Hall–Kier alpha value is -3.52. The standard InChI is InChI=1S/C23H24N4O/c1-3-16-26(18-21-7-5-19(2)6-8-21)23(28)24-15-13-20-9-11-22(12-10-20)27-17-4-14-25-27/h1,4-12,14,17H,13,15-16,18H2,2H3,(H,24,28). The summed E-state index contributed by atoms with van der Waals surface area (Å²) in [5.41, 5.74) is 4.41. The second-order valence-electron chi connectivity index (χ2n) is 6.64. The molecule has 0 fully saturated rings. The molecule has 142 valence electrons. The summed E-state index contributed by atoms with van der Waals surface area (Å²) in [4.78, 5) is 14.2. The minimum absolute atomic E-state index is 0.147. The van der Waals surface area contributed by atoms with Crippen LogP contribution in [-0.2, 0) is 13.0 Å². The van der Waals surface area contributed by atoms with Gasteiger partial charge >= 0.3 is 6.03 Å². The number of rotatable bonds is 7. The second-order valence-corrected chi connectivity index (χ2v) is 6.64. The molecule has 5 nitrogen and oxygen atoms in total. The van der Waals surface area contributed by atoms with Crippen LogP contribution in [0.1, 0.15) is 16.7 Å². The highest BCUT2D eigenvalue weighted by atomic mass is 16.2. The average molecular weight is 372 g/mol. The van der Waals surface area contributed by atoms with E-state index in [4.69, 9.17) is 6.42 Å². The van der Waals surface area contributed by atoms with Crippen molar-refractivity contribution in [2.45, 2.75) is 19.9 Å². The number of aryl methyl sites for hydroxylation is 1. The number of hydrogen-bond donors (Lipinski definition) is 1. The van der Waals surface area contributed by atoms with Gasteiger partial charge in [-0.2, -0.15) is 5.10 Å². The first-order valence-corrected chi connectivity index (χ1v) is 9.26. The lowest BCUT2D eigenvalue weighted by Crippen LogP contribution is -2.40. The number of benzene rings is 2. The first kappa shape index (κ1) is 19.2. The maximum absolute atomic E-state index is 12.5. The van der Waals surface area contributed by atoms with Crippen LogP contribution in [0, 0.1) is 19.3 Å². The van der Waals surface area contributed by atoms with Gasteiger partial charge in [0.2, 0.25) is 0 Å². The van der Waals surface area contributed by atoms with Crippen molar-refractivity contribution in [1.29, 1.82) is 0 Å². The normalized spacial score (nSPS) is 10.3. The number of nitrogens with one attached hydrogen (secondary N) is 1. The Kier molecular flexibility index (Phi) is 6.48. The molecule has 0 aliphatic heterocycles. The fourth-order valence-electron chi connectivity index (χ4n) is 2.89. The summed E-state index contributed by atoms with van der Waals surface area (Å²) in [5.74, 6) is 2.56. The van der Waals surface area contributed by atoms with E-state index in [2.05, 4.69) is 28.5 Å². The highest BCUT2D eigenvalue weighted by molar-refractivity contribution is 5.74. The fourth-order valence-corrected chi connectivity index (χ4v) is 2.89. The summed E-state index contributed by atoms with van der Waals surface area (Å²) in [6.07, 6.45) is 9.85. The lowest BCUT2D eigenvalue weighted by molar-refractivity contribution is 0.202. The predicted octanol–water partition coefficient (Wildman–Crippen LogP) is 3.57. The molecule has 0 aliphatic rings. The lowest BCUT2D eigenvalue weighted by atomic mass is 10.1. The number of carbonyl (C=O) groups excluding carboxylic acids is 1. The van der Waals surface area contributed by atoms with Crippen LogP contribution < -0.4 is 5.32 Å². The van der Waals surface area contributed by atoms with Gasteiger partial charge < -0.3 is 10.2 Å². The Morgan fingerprint density at radius 1 is 1.14 bits per heavy atom. The second kappa shape index (κ2) is 9.43. The molecule has 0 radical (unpaired) electrons. The fraction of sp³-hybridized carbons (Fsp3) is 0.217. The van der Waals surface area contributed by atoms with Crippen LogP contribution in [-0.4, -0.2) is 33.8 Å². The van der Waals surface area contributed by atoms with E-state index in [0.29, 0.717) is 13.1 Å². The number of amides is 2. The Balaban J connectivity index is 1.51. The van der Waals surface area contributed by atoms with Crippen LogP contribution >= 0.6 is 0 Å². The molecule has 5 heteroatoms. The third kappa shape index (κ3) is 5.24. The molecule has 3 rings (SSSR count). The van der Waals surface area contributed by atoms with Gasteiger partial charge in [-0.25, -0.2) is 9.48 Å². The van der Waals surface area contributed by atoms with E-state index in [1.54, 1.807) is 11.1 Å². The van der Waals surface area contributed by atoms with Gasteiger partial charge in [-0.05, 0) is 42.7 Å². The molecule has 0 saturated heterocycles. The van der Waals surface area contributed by atoms with Gasteiger partial charge in [0, 0.05) is 25.5 Å². The van der Waals surface area contributed by atoms with Gasteiger partial charge in [-0.3, -0.25) is 0 Å². The molecule has 2 amide bonds. The molecule has 1 heterocycles. The van der Waals surface area contributed by atoms with Crippen molar-refractivity contribution in [3.8, 4) is 18.0 Å². The molecule has 0 spiro atoms. The topological polar surface area (TPSA) is 50.2 Å². The smallest absolute Gasteiger partial charge is 0.318 e. The van der Waals surface area contributed by atoms with Crippen LogP contribution in [0.4, 0.5) is 4.79 Å². The molecule has 0 aliphatic carbocycles. The average Bonchev–Trinajstić information content (AvgIpc) is 3.24. The number of terminal acetylenes is 1. The van der Waals surface area contributed by atoms with Crippen LogP contribution in [0.5, 0.6) is 0 Å². The van der Waals surface area contributed by atoms with Crippen molar-refractivity contribution in [3.05, 3.63) is 83.7 Å². The Morgan fingerprint density at radius 2 is 1.86 bits per heavy atom. The van der Waals surface area contributed by atoms with Crippen molar-refractivity contribution in [3.63, 3.8) is 0 Å². The van der Waals surface area contributed by atoms with E-state index >= 15 is 0 Å². The van der Waals surface area contributed by atoms with Gasteiger partial charge in [0.25, 0.3) is 0 Å². The van der Waals surface area contributed by atoms with Crippen molar-refractivity contribution in [2.75, 3.05) is 13.1 Å². The van der Waals surface area contributed by atoms with Gasteiger partial charge in [0.15, 0.2) is 0 Å². The molecule has 1 N–H and O–H groups in total. The van der Waals surface area contributed by atoms with E-state index in [-0.39, 0.29) is 12.6 Å². The summed E-state index contributed by atoms with van der Waals surface area (Å²) in [5, 5.41) is 7.18. The van der Waals surface area contributed by atoms with Crippen LogP contribution in [0.2, 0.25) is 0 Å². The molecule has 1 aromatic heterocycles. The maximum Gasteiger partial charge on any atom is 0.318 e. The first-order valence-electron chi connectivity index (χ1n) is 9.26. The lowest BCUT2D eigenvalue weighted by Gasteiger charge is -2.21. The summed E-state index contributed by atoms with van der Waals surface area (Å²) in [6.45, 7) is 3.36. The largest absolute Gasteiger partial charge is 0.338 e. The maximum atomic E-state index is 12.5. The SMILES string of the molecule is C#CCN(Cc1ccc(C)cc1)C(=O)NCCc1ccc(-n2cccn2)cc1. The van der Waals surface area contributed by atoms with Crippen LogP contribution in [0.25, 0.3) is 5.69 Å². The monoisotopic (exact) mass is 372 g/mol. The number of aromatic nitrogens is 2. The quantitative estimate of drug-likeness (QED) is 0.645. The molecule has 0 atom stereocenters. The van der Waals surface area contributed by atoms with E-state index in [1.807, 2.05) is 60.3 Å². The van der Waals surface area contributed by atoms with Crippen molar-refractivity contribution in [2.24, 2.45) is 0 Å². The molecule has 2 aromatic carbocycles. The summed E-state index contributed by atoms with van der Waals surface area (Å²) in [7, 11) is 0. The summed E-state index contributed by atoms with van der Waals surface area (Å²) >= 11 is 0. The highest BCUT2D eigenvalue weighted by Gasteiger charge is 2.12. The molecule has 0 saturated carbocycles. The van der Waals surface area contributed by atoms with Gasteiger partial charge in [0.05, 0.1) is 12.2 Å². The van der Waals surface area contributed by atoms with E-state index in [1.165, 1.54) is 5.56 Å².